The number of hydrogen-bond acceptors (Lipinski definition) is 6. The van der Waals surface area contributed by atoms with Crippen LogP contribution in [0.3, 0.4) is 0 Å². The third-order valence-corrected chi connectivity index (χ3v) is 3.63. The number of nitrogens with two attached hydrogens (primary N) is 1. The summed E-state index contributed by atoms with van der Waals surface area (Å²) >= 11 is 0. The van der Waals surface area contributed by atoms with E-state index in [0.717, 1.165) is 0 Å². The highest BCUT2D eigenvalue weighted by atomic mass is 32.2. The Morgan fingerprint density at radius 2 is 2.05 bits per heavy atom. The Morgan fingerprint density at radius 1 is 1.40 bits per heavy atom. The summed E-state index contributed by atoms with van der Waals surface area (Å²) in [6.45, 7) is 1.80. The summed E-state index contributed by atoms with van der Waals surface area (Å²) in [7, 11) is -1.11. The van der Waals surface area contributed by atoms with Gasteiger partial charge in [-0.05, 0) is 24.6 Å². The molecule has 1 rings (SSSR count). The van der Waals surface area contributed by atoms with Gasteiger partial charge in [0, 0.05) is 0 Å². The molecule has 8 heteroatoms. The number of methoxy groups -OCH3 is 2. The van der Waals surface area contributed by atoms with Crippen LogP contribution in [0.15, 0.2) is 23.1 Å². The first-order valence-electron chi connectivity index (χ1n) is 5.88. The molecule has 0 aliphatic rings. The highest BCUT2D eigenvalue weighted by Crippen LogP contribution is 2.28. The smallest absolute Gasteiger partial charge is 0.328 e. The van der Waals surface area contributed by atoms with Crippen molar-refractivity contribution in [2.75, 3.05) is 19.5 Å². The van der Waals surface area contributed by atoms with E-state index in [2.05, 4.69) is 10.1 Å². The maximum atomic E-state index is 11.6. The monoisotopic (exact) mass is 302 g/mol. The Labute approximate surface area is 118 Å². The SMILES string of the molecule is CCC(Nc1cc(S(N)(=O)=O)ccc1OC)C(=O)OC. The maximum absolute atomic E-state index is 11.6. The molecule has 7 nitrogen and oxygen atoms in total. The molecule has 1 atom stereocenters. The minimum absolute atomic E-state index is 0.0690. The number of hydrogen-bond donors (Lipinski definition) is 2. The van der Waals surface area contributed by atoms with Crippen molar-refractivity contribution in [2.45, 2.75) is 24.3 Å². The fourth-order valence-corrected chi connectivity index (χ4v) is 2.17. The lowest BCUT2D eigenvalue weighted by atomic mass is 10.2. The largest absolute Gasteiger partial charge is 0.495 e. The molecule has 1 unspecified atom stereocenters. The molecule has 0 spiro atoms. The molecule has 20 heavy (non-hydrogen) atoms. The van der Waals surface area contributed by atoms with Crippen molar-refractivity contribution in [1.29, 1.82) is 0 Å². The van der Waals surface area contributed by atoms with Crippen LogP contribution in [0, 0.1) is 0 Å². The number of rotatable bonds is 6. The van der Waals surface area contributed by atoms with Gasteiger partial charge < -0.3 is 14.8 Å². The number of esters is 1. The highest BCUT2D eigenvalue weighted by molar-refractivity contribution is 7.89. The third-order valence-electron chi connectivity index (χ3n) is 2.72. The minimum Gasteiger partial charge on any atom is -0.495 e. The van der Waals surface area contributed by atoms with Crippen LogP contribution in [0.4, 0.5) is 5.69 Å². The van der Waals surface area contributed by atoms with Crippen molar-refractivity contribution in [1.82, 2.24) is 0 Å². The average molecular weight is 302 g/mol. The predicted octanol–water partition coefficient (Wildman–Crippen LogP) is 0.706. The molecule has 0 aromatic heterocycles. The molecular weight excluding hydrogens is 284 g/mol. The van der Waals surface area contributed by atoms with Gasteiger partial charge in [0.2, 0.25) is 10.0 Å². The topological polar surface area (TPSA) is 108 Å². The Bertz CT molecular complexity index is 586. The van der Waals surface area contributed by atoms with Crippen molar-refractivity contribution in [2.24, 2.45) is 5.14 Å². The Morgan fingerprint density at radius 3 is 2.50 bits per heavy atom. The number of benzene rings is 1. The summed E-state index contributed by atoms with van der Waals surface area (Å²) in [5.41, 5.74) is 0.358. The lowest BCUT2D eigenvalue weighted by Crippen LogP contribution is -2.30. The Balaban J connectivity index is 3.17. The van der Waals surface area contributed by atoms with Gasteiger partial charge in [0.05, 0.1) is 24.8 Å². The van der Waals surface area contributed by atoms with Gasteiger partial charge in [-0.15, -0.1) is 0 Å². The van der Waals surface area contributed by atoms with Gasteiger partial charge in [0.1, 0.15) is 11.8 Å². The molecule has 1 aromatic rings. The molecule has 112 valence electrons. The molecular formula is C12H18N2O5S. The number of anilines is 1. The first-order valence-corrected chi connectivity index (χ1v) is 7.43. The summed E-state index contributed by atoms with van der Waals surface area (Å²) < 4.78 is 32.5. The molecule has 0 aliphatic carbocycles. The highest BCUT2D eigenvalue weighted by Gasteiger charge is 2.19. The zero-order chi connectivity index (χ0) is 15.3. The molecule has 0 heterocycles. The number of sulfonamides is 1. The van der Waals surface area contributed by atoms with E-state index < -0.39 is 22.0 Å². The first kappa shape index (κ1) is 16.3. The van der Waals surface area contributed by atoms with E-state index in [4.69, 9.17) is 9.88 Å². The van der Waals surface area contributed by atoms with Gasteiger partial charge in [-0.25, -0.2) is 18.4 Å². The van der Waals surface area contributed by atoms with E-state index in [1.807, 2.05) is 0 Å². The van der Waals surface area contributed by atoms with Crippen molar-refractivity contribution in [3.63, 3.8) is 0 Å². The van der Waals surface area contributed by atoms with E-state index >= 15 is 0 Å². The molecule has 0 saturated heterocycles. The first-order chi connectivity index (χ1) is 9.33. The van der Waals surface area contributed by atoms with Crippen LogP contribution in [0.25, 0.3) is 0 Å². The van der Waals surface area contributed by atoms with Crippen molar-refractivity contribution < 1.29 is 22.7 Å². The lowest BCUT2D eigenvalue weighted by molar-refractivity contribution is -0.141. The molecule has 1 aromatic carbocycles. The molecule has 0 radical (unpaired) electrons. The van der Waals surface area contributed by atoms with Gasteiger partial charge in [-0.2, -0.15) is 0 Å². The zero-order valence-corrected chi connectivity index (χ0v) is 12.4. The summed E-state index contributed by atoms with van der Waals surface area (Å²) in [4.78, 5) is 11.5. The maximum Gasteiger partial charge on any atom is 0.328 e. The van der Waals surface area contributed by atoms with Gasteiger partial charge in [-0.3, -0.25) is 0 Å². The number of carbonyl (C=O) groups excluding carboxylic acids is 1. The van der Waals surface area contributed by atoms with E-state index in [9.17, 15) is 13.2 Å². The summed E-state index contributed by atoms with van der Waals surface area (Å²) in [6, 6.07) is 3.51. The molecule has 0 amide bonds. The number of ether oxygens (including phenoxy) is 2. The fraction of sp³-hybridized carbons (Fsp3) is 0.417. The van der Waals surface area contributed by atoms with Crippen LogP contribution in [0.2, 0.25) is 0 Å². The van der Waals surface area contributed by atoms with E-state index in [1.54, 1.807) is 6.92 Å². The average Bonchev–Trinajstić information content (AvgIpc) is 2.42. The van der Waals surface area contributed by atoms with Gasteiger partial charge >= 0.3 is 5.97 Å². The van der Waals surface area contributed by atoms with Crippen molar-refractivity contribution in [3.05, 3.63) is 18.2 Å². The van der Waals surface area contributed by atoms with Gasteiger partial charge in [0.15, 0.2) is 0 Å². The van der Waals surface area contributed by atoms with E-state index in [1.165, 1.54) is 32.4 Å². The standard InChI is InChI=1S/C12H18N2O5S/c1-4-9(12(15)19-3)14-10-7-8(20(13,16)17)5-6-11(10)18-2/h5-7,9,14H,4H2,1-3H3,(H2,13,16,17). The van der Waals surface area contributed by atoms with Gasteiger partial charge in [0.25, 0.3) is 0 Å². The van der Waals surface area contributed by atoms with Crippen LogP contribution in [0.1, 0.15) is 13.3 Å². The number of nitrogens with one attached hydrogen (secondary N) is 1. The summed E-state index contributed by atoms with van der Waals surface area (Å²) in [5.74, 6) is -0.0460. The second-order valence-electron chi connectivity index (χ2n) is 4.04. The summed E-state index contributed by atoms with van der Waals surface area (Å²) in [5, 5.41) is 7.97. The van der Waals surface area contributed by atoms with Crippen LogP contribution >= 0.6 is 0 Å². The lowest BCUT2D eigenvalue weighted by Gasteiger charge is -2.18. The van der Waals surface area contributed by atoms with E-state index in [-0.39, 0.29) is 4.90 Å². The fourth-order valence-electron chi connectivity index (χ4n) is 1.63. The third kappa shape index (κ3) is 3.84. The van der Waals surface area contributed by atoms with Crippen LogP contribution in [-0.4, -0.2) is 34.6 Å². The zero-order valence-electron chi connectivity index (χ0n) is 11.5. The Kier molecular flexibility index (Phi) is 5.34. The molecule has 0 fully saturated rings. The molecule has 0 saturated carbocycles. The van der Waals surface area contributed by atoms with Crippen LogP contribution < -0.4 is 15.2 Å². The number of primary sulfonamides is 1. The minimum atomic E-state index is -3.83. The predicted molar refractivity (Wildman–Crippen MR) is 74.1 cm³/mol. The van der Waals surface area contributed by atoms with Crippen molar-refractivity contribution >= 4 is 21.7 Å². The van der Waals surface area contributed by atoms with E-state index in [0.29, 0.717) is 17.9 Å². The van der Waals surface area contributed by atoms with Crippen LogP contribution in [-0.2, 0) is 19.6 Å². The van der Waals surface area contributed by atoms with Gasteiger partial charge in [-0.1, -0.05) is 6.92 Å². The summed E-state index contributed by atoms with van der Waals surface area (Å²) in [6.07, 6.45) is 0.468. The quantitative estimate of drug-likeness (QED) is 0.749. The van der Waals surface area contributed by atoms with Crippen LogP contribution in [0.5, 0.6) is 5.75 Å². The second kappa shape index (κ2) is 6.58. The Hall–Kier alpha value is -1.80. The molecule has 0 bridgehead atoms. The normalized spacial score (nSPS) is 12.6. The van der Waals surface area contributed by atoms with Crippen molar-refractivity contribution in [3.8, 4) is 5.75 Å². The number of carbonyl (C=O) groups is 1. The second-order valence-corrected chi connectivity index (χ2v) is 5.60. The molecule has 3 N–H and O–H groups in total. The molecule has 0 aliphatic heterocycles.